The van der Waals surface area contributed by atoms with Gasteiger partial charge in [0.2, 0.25) is 0 Å². The molecule has 18 heavy (non-hydrogen) atoms. The number of hydrogen-bond donors (Lipinski definition) is 2. The van der Waals surface area contributed by atoms with Crippen LogP contribution in [0, 0.1) is 6.92 Å². The highest BCUT2D eigenvalue weighted by Crippen LogP contribution is 2.12. The van der Waals surface area contributed by atoms with Gasteiger partial charge < -0.3 is 15.5 Å². The molecule has 0 fully saturated rings. The molecule has 5 nitrogen and oxygen atoms in total. The molecule has 0 aliphatic rings. The fraction of sp³-hybridized carbons (Fsp3) is 0.385. The zero-order valence-corrected chi connectivity index (χ0v) is 10.7. The normalized spacial score (nSPS) is 10.6. The molecule has 2 rings (SSSR count). The van der Waals surface area contributed by atoms with E-state index in [1.807, 2.05) is 19.1 Å². The van der Waals surface area contributed by atoms with Crippen molar-refractivity contribution in [1.82, 2.24) is 9.97 Å². The molecule has 0 amide bonds. The van der Waals surface area contributed by atoms with Gasteiger partial charge in [0.15, 0.2) is 0 Å². The van der Waals surface area contributed by atoms with Gasteiger partial charge in [-0.15, -0.1) is 0 Å². The molecule has 0 radical (unpaired) electrons. The number of hydrogen-bond acceptors (Lipinski definition) is 5. The van der Waals surface area contributed by atoms with E-state index in [4.69, 9.17) is 10.2 Å². The lowest BCUT2D eigenvalue weighted by atomic mass is 10.3. The van der Waals surface area contributed by atoms with Gasteiger partial charge in [0, 0.05) is 12.5 Å². The van der Waals surface area contributed by atoms with Gasteiger partial charge in [-0.1, -0.05) is 6.92 Å². The average Bonchev–Trinajstić information content (AvgIpc) is 2.72. The van der Waals surface area contributed by atoms with Crippen LogP contribution in [0.25, 0.3) is 0 Å². The first kappa shape index (κ1) is 12.4. The van der Waals surface area contributed by atoms with Crippen LogP contribution in [0.1, 0.15) is 30.7 Å². The zero-order chi connectivity index (χ0) is 13.0. The minimum Gasteiger partial charge on any atom is -0.465 e. The Morgan fingerprint density at radius 2 is 2.17 bits per heavy atom. The predicted molar refractivity (Wildman–Crippen MR) is 71.2 cm³/mol. The van der Waals surface area contributed by atoms with Crippen molar-refractivity contribution < 1.29 is 4.42 Å². The van der Waals surface area contributed by atoms with E-state index in [1.165, 1.54) is 0 Å². The van der Waals surface area contributed by atoms with Crippen LogP contribution in [0.3, 0.4) is 0 Å². The quantitative estimate of drug-likeness (QED) is 0.847. The molecule has 96 valence electrons. The second kappa shape index (κ2) is 5.53. The topological polar surface area (TPSA) is 77.0 Å². The van der Waals surface area contributed by atoms with Crippen molar-refractivity contribution >= 4 is 11.6 Å². The third-order valence-electron chi connectivity index (χ3n) is 2.51. The van der Waals surface area contributed by atoms with Crippen molar-refractivity contribution in [2.24, 2.45) is 0 Å². The summed E-state index contributed by atoms with van der Waals surface area (Å²) in [5.74, 6) is 3.78. The van der Waals surface area contributed by atoms with Crippen LogP contribution in [-0.2, 0) is 13.0 Å². The SMILES string of the molecule is CCCc1nc(N)cc(NCc2ccc(C)o2)n1. The molecule has 0 saturated carbocycles. The molecule has 0 unspecified atom stereocenters. The monoisotopic (exact) mass is 246 g/mol. The number of rotatable bonds is 5. The van der Waals surface area contributed by atoms with Crippen molar-refractivity contribution in [3.05, 3.63) is 35.5 Å². The van der Waals surface area contributed by atoms with Crippen molar-refractivity contribution in [2.45, 2.75) is 33.2 Å². The first-order valence-corrected chi connectivity index (χ1v) is 6.10. The number of anilines is 2. The Morgan fingerprint density at radius 3 is 2.83 bits per heavy atom. The molecule has 2 aromatic heterocycles. The van der Waals surface area contributed by atoms with Crippen LogP contribution in [0.4, 0.5) is 11.6 Å². The summed E-state index contributed by atoms with van der Waals surface area (Å²) in [6, 6.07) is 5.61. The van der Waals surface area contributed by atoms with E-state index in [0.717, 1.165) is 36.0 Å². The Hall–Kier alpha value is -2.04. The molecule has 5 heteroatoms. The van der Waals surface area contributed by atoms with Gasteiger partial charge in [-0.25, -0.2) is 9.97 Å². The third-order valence-corrected chi connectivity index (χ3v) is 2.51. The molecule has 0 aliphatic carbocycles. The zero-order valence-electron chi connectivity index (χ0n) is 10.7. The number of nitrogens with zero attached hydrogens (tertiary/aromatic N) is 2. The van der Waals surface area contributed by atoms with Crippen molar-refractivity contribution in [1.29, 1.82) is 0 Å². The highest BCUT2D eigenvalue weighted by Gasteiger charge is 2.03. The summed E-state index contributed by atoms with van der Waals surface area (Å²) in [4.78, 5) is 8.59. The first-order valence-electron chi connectivity index (χ1n) is 6.10. The minimum absolute atomic E-state index is 0.492. The minimum atomic E-state index is 0.492. The maximum absolute atomic E-state index is 5.75. The Bertz CT molecular complexity index is 521. The van der Waals surface area contributed by atoms with E-state index >= 15 is 0 Å². The standard InChI is InChI=1S/C13H18N4O/c1-3-4-12-16-11(14)7-13(17-12)15-8-10-6-5-9(2)18-10/h5-7H,3-4,8H2,1-2H3,(H3,14,15,16,17). The molecule has 0 atom stereocenters. The van der Waals surface area contributed by atoms with Gasteiger partial charge in [0.25, 0.3) is 0 Å². The second-order valence-electron chi connectivity index (χ2n) is 4.21. The van der Waals surface area contributed by atoms with E-state index in [1.54, 1.807) is 6.07 Å². The molecule has 0 saturated heterocycles. The first-order chi connectivity index (χ1) is 8.67. The van der Waals surface area contributed by atoms with Crippen LogP contribution in [0.2, 0.25) is 0 Å². The van der Waals surface area contributed by atoms with Crippen LogP contribution < -0.4 is 11.1 Å². The largest absolute Gasteiger partial charge is 0.465 e. The summed E-state index contributed by atoms with van der Waals surface area (Å²) < 4.78 is 5.48. The van der Waals surface area contributed by atoms with E-state index in [-0.39, 0.29) is 0 Å². The number of nitrogens with one attached hydrogen (secondary N) is 1. The number of aryl methyl sites for hydroxylation is 2. The van der Waals surface area contributed by atoms with Crippen LogP contribution in [0.15, 0.2) is 22.6 Å². The lowest BCUT2D eigenvalue weighted by Gasteiger charge is -2.06. The Kier molecular flexibility index (Phi) is 3.82. The van der Waals surface area contributed by atoms with E-state index < -0.39 is 0 Å². The van der Waals surface area contributed by atoms with Gasteiger partial charge in [-0.2, -0.15) is 0 Å². The van der Waals surface area contributed by atoms with E-state index in [0.29, 0.717) is 12.4 Å². The Labute approximate surface area is 106 Å². The van der Waals surface area contributed by atoms with Gasteiger partial charge in [-0.3, -0.25) is 0 Å². The smallest absolute Gasteiger partial charge is 0.133 e. The molecule has 0 bridgehead atoms. The van der Waals surface area contributed by atoms with E-state index in [2.05, 4.69) is 22.2 Å². The molecule has 0 aliphatic heterocycles. The predicted octanol–water partition coefficient (Wildman–Crippen LogP) is 2.52. The van der Waals surface area contributed by atoms with Gasteiger partial charge >= 0.3 is 0 Å². The molecule has 2 heterocycles. The van der Waals surface area contributed by atoms with E-state index in [9.17, 15) is 0 Å². The molecule has 0 aromatic carbocycles. The third kappa shape index (κ3) is 3.23. The van der Waals surface area contributed by atoms with Crippen LogP contribution in [0.5, 0.6) is 0 Å². The number of nitrogen functional groups attached to an aromatic ring is 1. The average molecular weight is 246 g/mol. The maximum Gasteiger partial charge on any atom is 0.133 e. The Balaban J connectivity index is 2.04. The van der Waals surface area contributed by atoms with Crippen molar-refractivity contribution in [2.75, 3.05) is 11.1 Å². The molecule has 0 spiro atoms. The lowest BCUT2D eigenvalue weighted by Crippen LogP contribution is -2.06. The van der Waals surface area contributed by atoms with Gasteiger partial charge in [0.05, 0.1) is 6.54 Å². The summed E-state index contributed by atoms with van der Waals surface area (Å²) in [6.07, 6.45) is 1.83. The number of furan rings is 1. The molecule has 3 N–H and O–H groups in total. The van der Waals surface area contributed by atoms with Crippen LogP contribution in [-0.4, -0.2) is 9.97 Å². The van der Waals surface area contributed by atoms with Crippen LogP contribution >= 0.6 is 0 Å². The fourth-order valence-electron chi connectivity index (χ4n) is 1.70. The summed E-state index contributed by atoms with van der Waals surface area (Å²) in [6.45, 7) is 4.60. The summed E-state index contributed by atoms with van der Waals surface area (Å²) >= 11 is 0. The Morgan fingerprint density at radius 1 is 1.33 bits per heavy atom. The van der Waals surface area contributed by atoms with Gasteiger partial charge in [0.1, 0.15) is 29.0 Å². The highest BCUT2D eigenvalue weighted by molar-refractivity contribution is 5.44. The van der Waals surface area contributed by atoms with Crippen molar-refractivity contribution in [3.8, 4) is 0 Å². The maximum atomic E-state index is 5.75. The summed E-state index contributed by atoms with van der Waals surface area (Å²) in [5, 5.41) is 3.19. The molecular formula is C13H18N4O. The summed E-state index contributed by atoms with van der Waals surface area (Å²) in [7, 11) is 0. The van der Waals surface area contributed by atoms with Gasteiger partial charge in [-0.05, 0) is 25.5 Å². The van der Waals surface area contributed by atoms with Crippen molar-refractivity contribution in [3.63, 3.8) is 0 Å². The molecule has 2 aromatic rings. The summed E-state index contributed by atoms with van der Waals surface area (Å²) in [5.41, 5.74) is 5.75. The molecular weight excluding hydrogens is 228 g/mol. The number of nitrogens with two attached hydrogens (primary N) is 1. The fourth-order valence-corrected chi connectivity index (χ4v) is 1.70. The lowest BCUT2D eigenvalue weighted by molar-refractivity contribution is 0.490. The highest BCUT2D eigenvalue weighted by atomic mass is 16.3. The second-order valence-corrected chi connectivity index (χ2v) is 4.21. The number of aromatic nitrogens is 2.